The minimum Gasteiger partial charge on any atom is -0.436 e. The number of benzene rings is 2. The van der Waals surface area contributed by atoms with Crippen molar-refractivity contribution in [1.29, 1.82) is 0 Å². The van der Waals surface area contributed by atoms with Gasteiger partial charge in [0.15, 0.2) is 11.4 Å². The van der Waals surface area contributed by atoms with E-state index in [9.17, 15) is 9.18 Å². The largest absolute Gasteiger partial charge is 0.436 e. The summed E-state index contributed by atoms with van der Waals surface area (Å²) in [6.07, 6.45) is 2.06. The molecule has 0 bridgehead atoms. The fraction of sp³-hybridized carbons (Fsp3) is 0.0909. The molecule has 0 atom stereocenters. The first-order valence-electron chi connectivity index (χ1n) is 9.00. The molecule has 7 heteroatoms. The average Bonchev–Trinajstić information content (AvgIpc) is 3.05. The maximum Gasteiger partial charge on any atom is 0.215 e. The minimum absolute atomic E-state index is 0.00105. The van der Waals surface area contributed by atoms with E-state index in [2.05, 4.69) is 10.3 Å². The van der Waals surface area contributed by atoms with Gasteiger partial charge in [0.25, 0.3) is 0 Å². The van der Waals surface area contributed by atoms with Crippen LogP contribution in [0.4, 0.5) is 21.6 Å². The van der Waals surface area contributed by atoms with E-state index < -0.39 is 5.82 Å². The number of halogens is 2. The van der Waals surface area contributed by atoms with Gasteiger partial charge in [-0.15, -0.1) is 0 Å². The highest BCUT2D eigenvalue weighted by Crippen LogP contribution is 2.39. The summed E-state index contributed by atoms with van der Waals surface area (Å²) in [6.45, 7) is 1.82. The van der Waals surface area contributed by atoms with Gasteiger partial charge in [-0.25, -0.2) is 4.39 Å². The Labute approximate surface area is 171 Å². The normalized spacial score (nSPS) is 11.0. The number of nitrogens with zero attached hydrogens (tertiary/aromatic N) is 1. The van der Waals surface area contributed by atoms with Crippen LogP contribution in [0, 0.1) is 5.82 Å². The highest BCUT2D eigenvalue weighted by molar-refractivity contribution is 6.31. The maximum atomic E-state index is 13.4. The Balaban J connectivity index is 1.80. The van der Waals surface area contributed by atoms with Crippen molar-refractivity contribution < 1.29 is 13.6 Å². The van der Waals surface area contributed by atoms with Crippen molar-refractivity contribution in [1.82, 2.24) is 4.98 Å². The molecule has 3 N–H and O–H groups in total. The van der Waals surface area contributed by atoms with E-state index in [0.717, 1.165) is 5.56 Å². The van der Waals surface area contributed by atoms with Crippen molar-refractivity contribution in [2.45, 2.75) is 13.3 Å². The van der Waals surface area contributed by atoms with Crippen LogP contribution in [0.5, 0.6) is 0 Å². The molecule has 4 rings (SSSR count). The fourth-order valence-electron chi connectivity index (χ4n) is 3.14. The number of nitrogens with two attached hydrogens (primary N) is 1. The summed E-state index contributed by atoms with van der Waals surface area (Å²) in [5.41, 5.74) is 9.63. The molecule has 0 saturated heterocycles. The van der Waals surface area contributed by atoms with E-state index in [4.69, 9.17) is 21.8 Å². The van der Waals surface area contributed by atoms with Crippen LogP contribution >= 0.6 is 11.6 Å². The molecule has 5 nitrogen and oxygen atoms in total. The Morgan fingerprint density at radius 1 is 1.24 bits per heavy atom. The second kappa shape index (κ2) is 7.56. The average molecular weight is 410 g/mol. The number of rotatable bonds is 5. The lowest BCUT2D eigenvalue weighted by atomic mass is 10.0. The molecule has 2 aromatic heterocycles. The first-order chi connectivity index (χ1) is 14.0. The monoisotopic (exact) mass is 409 g/mol. The van der Waals surface area contributed by atoms with E-state index in [-0.39, 0.29) is 16.7 Å². The fourth-order valence-corrected chi connectivity index (χ4v) is 3.32. The molecule has 0 aliphatic carbocycles. The van der Waals surface area contributed by atoms with Crippen molar-refractivity contribution in [3.8, 4) is 11.3 Å². The third kappa shape index (κ3) is 3.54. The number of hydrogen-bond acceptors (Lipinski definition) is 5. The standard InChI is InChI=1S/C22H17ClFN3O2/c1-2-18(28)12-4-3-5-13(10-12)19-21-15(8-9-26-19)20(22(25)29-21)27-14-6-7-17(24)16(23)11-14/h3-11,27H,2,25H2,1H3. The zero-order valence-electron chi connectivity index (χ0n) is 15.5. The number of anilines is 3. The number of pyridine rings is 1. The lowest BCUT2D eigenvalue weighted by Crippen LogP contribution is -1.96. The zero-order chi connectivity index (χ0) is 20.5. The number of carbonyl (C=O) groups excluding carboxylic acids is 1. The van der Waals surface area contributed by atoms with E-state index in [1.54, 1.807) is 30.5 Å². The van der Waals surface area contributed by atoms with Gasteiger partial charge in [-0.2, -0.15) is 0 Å². The summed E-state index contributed by atoms with van der Waals surface area (Å²) in [6, 6.07) is 13.3. The molecule has 0 radical (unpaired) electrons. The van der Waals surface area contributed by atoms with Crippen LogP contribution < -0.4 is 11.1 Å². The maximum absolute atomic E-state index is 13.4. The molecule has 4 aromatic rings. The summed E-state index contributed by atoms with van der Waals surface area (Å²) in [5.74, 6) is -0.292. The number of aromatic nitrogens is 1. The zero-order valence-corrected chi connectivity index (χ0v) is 16.3. The van der Waals surface area contributed by atoms with Gasteiger partial charge in [0.05, 0.1) is 10.4 Å². The van der Waals surface area contributed by atoms with Gasteiger partial charge in [-0.1, -0.05) is 36.7 Å². The summed E-state index contributed by atoms with van der Waals surface area (Å²) in [5, 5.41) is 3.84. The molecule has 0 spiro atoms. The number of carbonyl (C=O) groups is 1. The Morgan fingerprint density at radius 3 is 2.83 bits per heavy atom. The van der Waals surface area contributed by atoms with Crippen LogP contribution in [0.15, 0.2) is 59.1 Å². The lowest BCUT2D eigenvalue weighted by molar-refractivity contribution is 0.0988. The van der Waals surface area contributed by atoms with Crippen molar-refractivity contribution in [2.24, 2.45) is 0 Å². The van der Waals surface area contributed by atoms with Crippen LogP contribution in [0.1, 0.15) is 23.7 Å². The van der Waals surface area contributed by atoms with E-state index in [1.807, 2.05) is 19.1 Å². The topological polar surface area (TPSA) is 81.2 Å². The van der Waals surface area contributed by atoms with Crippen LogP contribution in [-0.4, -0.2) is 10.8 Å². The van der Waals surface area contributed by atoms with Crippen molar-refractivity contribution in [2.75, 3.05) is 11.1 Å². The van der Waals surface area contributed by atoms with Gasteiger partial charge in [0, 0.05) is 29.4 Å². The Morgan fingerprint density at radius 2 is 2.07 bits per heavy atom. The molecule has 2 heterocycles. The number of nitrogens with one attached hydrogen (secondary N) is 1. The number of fused-ring (bicyclic) bond motifs is 1. The number of ketones is 1. The second-order valence-corrected chi connectivity index (χ2v) is 6.90. The Hall–Kier alpha value is -3.38. The van der Waals surface area contributed by atoms with Gasteiger partial charge in [0.1, 0.15) is 17.2 Å². The minimum atomic E-state index is -0.504. The molecule has 2 aromatic carbocycles. The first kappa shape index (κ1) is 19.0. The predicted octanol–water partition coefficient (Wildman–Crippen LogP) is 6.21. The number of furan rings is 1. The summed E-state index contributed by atoms with van der Waals surface area (Å²) < 4.78 is 19.2. The molecule has 0 aliphatic heterocycles. The summed E-state index contributed by atoms with van der Waals surface area (Å²) >= 11 is 5.86. The van der Waals surface area contributed by atoms with Crippen LogP contribution in [-0.2, 0) is 0 Å². The molecule has 0 saturated carbocycles. The molecule has 0 amide bonds. The SMILES string of the molecule is CCC(=O)c1cccc(-c2nccc3c(Nc4ccc(F)c(Cl)c4)c(N)oc23)c1. The van der Waals surface area contributed by atoms with E-state index in [0.29, 0.717) is 40.0 Å². The first-order valence-corrected chi connectivity index (χ1v) is 9.38. The summed E-state index contributed by atoms with van der Waals surface area (Å²) in [7, 11) is 0. The van der Waals surface area contributed by atoms with Crippen molar-refractivity contribution in [3.63, 3.8) is 0 Å². The molecular formula is C22H17ClFN3O2. The highest BCUT2D eigenvalue weighted by atomic mass is 35.5. The second-order valence-electron chi connectivity index (χ2n) is 6.49. The summed E-state index contributed by atoms with van der Waals surface area (Å²) in [4.78, 5) is 16.5. The Kier molecular flexibility index (Phi) is 4.94. The van der Waals surface area contributed by atoms with E-state index >= 15 is 0 Å². The van der Waals surface area contributed by atoms with Crippen LogP contribution in [0.2, 0.25) is 5.02 Å². The quantitative estimate of drug-likeness (QED) is 0.383. The van der Waals surface area contributed by atoms with Crippen molar-refractivity contribution in [3.05, 3.63) is 71.1 Å². The third-order valence-electron chi connectivity index (χ3n) is 4.60. The van der Waals surface area contributed by atoms with Gasteiger partial charge in [0.2, 0.25) is 5.88 Å². The lowest BCUT2D eigenvalue weighted by Gasteiger charge is -2.07. The van der Waals surface area contributed by atoms with E-state index in [1.165, 1.54) is 12.1 Å². The number of hydrogen-bond donors (Lipinski definition) is 2. The smallest absolute Gasteiger partial charge is 0.215 e. The molecular weight excluding hydrogens is 393 g/mol. The molecule has 0 aliphatic rings. The number of Topliss-reactive ketones (excluding diaryl/α,β-unsaturated/α-hetero) is 1. The molecule has 146 valence electrons. The van der Waals surface area contributed by atoms with Gasteiger partial charge in [-0.3, -0.25) is 9.78 Å². The van der Waals surface area contributed by atoms with Crippen LogP contribution in [0.25, 0.3) is 22.2 Å². The Bertz CT molecular complexity index is 1240. The van der Waals surface area contributed by atoms with Crippen molar-refractivity contribution >= 4 is 45.6 Å². The van der Waals surface area contributed by atoms with Gasteiger partial charge < -0.3 is 15.5 Å². The molecule has 0 unspecified atom stereocenters. The predicted molar refractivity (Wildman–Crippen MR) is 113 cm³/mol. The number of nitrogen functional groups attached to an aromatic ring is 1. The van der Waals surface area contributed by atoms with Gasteiger partial charge in [-0.05, 0) is 30.3 Å². The van der Waals surface area contributed by atoms with Gasteiger partial charge >= 0.3 is 0 Å². The molecule has 0 fully saturated rings. The third-order valence-corrected chi connectivity index (χ3v) is 4.89. The van der Waals surface area contributed by atoms with Crippen LogP contribution in [0.3, 0.4) is 0 Å². The highest BCUT2D eigenvalue weighted by Gasteiger charge is 2.18. The molecule has 29 heavy (non-hydrogen) atoms.